The number of hydrogen-bond acceptors (Lipinski definition) is 3. The Balaban J connectivity index is 2.18. The van der Waals surface area contributed by atoms with Crippen molar-refractivity contribution in [1.29, 1.82) is 0 Å². The first-order valence-corrected chi connectivity index (χ1v) is 5.50. The van der Waals surface area contributed by atoms with E-state index < -0.39 is 0 Å². The molecule has 0 heterocycles. The first kappa shape index (κ1) is 12.1. The Morgan fingerprint density at radius 3 is 2.39 bits per heavy atom. The Kier molecular flexibility index (Phi) is 3.60. The zero-order valence-electron chi connectivity index (χ0n) is 9.63. The molecule has 4 heteroatoms. The predicted molar refractivity (Wildman–Crippen MR) is 68.4 cm³/mol. The topological polar surface area (TPSA) is 69.6 Å². The molecule has 18 heavy (non-hydrogen) atoms. The maximum absolute atomic E-state index is 11.9. The number of aromatic hydroxyl groups is 1. The van der Waals surface area contributed by atoms with Crippen molar-refractivity contribution >= 4 is 11.6 Å². The van der Waals surface area contributed by atoms with Gasteiger partial charge in [-0.3, -0.25) is 4.79 Å². The minimum absolute atomic E-state index is 0.113. The van der Waals surface area contributed by atoms with Crippen LogP contribution in [0.4, 0.5) is 5.69 Å². The molecule has 3 N–H and O–H groups in total. The van der Waals surface area contributed by atoms with Gasteiger partial charge >= 0.3 is 0 Å². The summed E-state index contributed by atoms with van der Waals surface area (Å²) in [7, 11) is 0. The number of nitrogens with one attached hydrogen (secondary N) is 1. The quantitative estimate of drug-likeness (QED) is 0.773. The molecule has 0 unspecified atom stereocenters. The van der Waals surface area contributed by atoms with Gasteiger partial charge in [-0.05, 0) is 30.3 Å². The van der Waals surface area contributed by atoms with Crippen LogP contribution in [0.3, 0.4) is 0 Å². The van der Waals surface area contributed by atoms with Crippen LogP contribution < -0.4 is 5.32 Å². The maximum Gasteiger partial charge on any atom is 0.255 e. The molecule has 4 nitrogen and oxygen atoms in total. The summed E-state index contributed by atoms with van der Waals surface area (Å²) in [5, 5.41) is 21.0. The van der Waals surface area contributed by atoms with Crippen LogP contribution in [0, 0.1) is 0 Å². The van der Waals surface area contributed by atoms with Gasteiger partial charge in [0.25, 0.3) is 5.91 Å². The molecule has 0 fully saturated rings. The van der Waals surface area contributed by atoms with Gasteiger partial charge < -0.3 is 15.5 Å². The van der Waals surface area contributed by atoms with Gasteiger partial charge in [0.2, 0.25) is 0 Å². The fourth-order valence-electron chi connectivity index (χ4n) is 1.59. The molecule has 92 valence electrons. The van der Waals surface area contributed by atoms with Crippen LogP contribution in [0.5, 0.6) is 5.75 Å². The molecule has 0 atom stereocenters. The number of para-hydroxylation sites is 1. The summed E-state index contributed by atoms with van der Waals surface area (Å²) in [6.07, 6.45) is 0. The third kappa shape index (κ3) is 2.67. The van der Waals surface area contributed by atoms with Crippen LogP contribution in [0.25, 0.3) is 0 Å². The van der Waals surface area contributed by atoms with E-state index in [9.17, 15) is 4.79 Å². The molecule has 0 aromatic heterocycles. The van der Waals surface area contributed by atoms with Crippen LogP contribution in [0.2, 0.25) is 0 Å². The lowest BCUT2D eigenvalue weighted by Gasteiger charge is -2.09. The fraction of sp³-hybridized carbons (Fsp3) is 0.0714. The van der Waals surface area contributed by atoms with Crippen molar-refractivity contribution in [2.24, 2.45) is 0 Å². The van der Waals surface area contributed by atoms with Crippen LogP contribution in [0.1, 0.15) is 15.9 Å². The van der Waals surface area contributed by atoms with Gasteiger partial charge in [-0.25, -0.2) is 0 Å². The molecule has 2 aromatic carbocycles. The summed E-state index contributed by atoms with van der Waals surface area (Å²) in [5.41, 5.74) is 1.68. The van der Waals surface area contributed by atoms with E-state index in [1.54, 1.807) is 24.3 Å². The zero-order chi connectivity index (χ0) is 13.0. The van der Waals surface area contributed by atoms with Crippen molar-refractivity contribution in [1.82, 2.24) is 0 Å². The Labute approximate surface area is 105 Å². The van der Waals surface area contributed by atoms with Crippen LogP contribution >= 0.6 is 0 Å². The highest BCUT2D eigenvalue weighted by atomic mass is 16.3. The van der Waals surface area contributed by atoms with Crippen molar-refractivity contribution in [3.05, 3.63) is 59.7 Å². The van der Waals surface area contributed by atoms with Crippen molar-refractivity contribution in [2.75, 3.05) is 5.32 Å². The van der Waals surface area contributed by atoms with E-state index in [1.165, 1.54) is 24.3 Å². The number of amides is 1. The van der Waals surface area contributed by atoms with Crippen LogP contribution in [-0.2, 0) is 6.61 Å². The molecule has 0 aliphatic carbocycles. The highest BCUT2D eigenvalue weighted by molar-refractivity contribution is 6.04. The predicted octanol–water partition coefficient (Wildman–Crippen LogP) is 2.14. The number of carbonyl (C=O) groups is 1. The molecule has 0 saturated heterocycles. The molecule has 0 aliphatic rings. The third-order valence-electron chi connectivity index (χ3n) is 2.57. The first-order chi connectivity index (χ1) is 8.70. The summed E-state index contributed by atoms with van der Waals surface area (Å²) in [4.78, 5) is 11.9. The minimum Gasteiger partial charge on any atom is -0.508 e. The van der Waals surface area contributed by atoms with Gasteiger partial charge in [0.15, 0.2) is 0 Å². The largest absolute Gasteiger partial charge is 0.508 e. The Bertz CT molecular complexity index is 549. The SMILES string of the molecule is O=C(Nc1ccccc1CO)c1ccc(O)cc1. The summed E-state index contributed by atoms with van der Waals surface area (Å²) in [6, 6.07) is 13.0. The van der Waals surface area contributed by atoms with Crippen LogP contribution in [-0.4, -0.2) is 16.1 Å². The van der Waals surface area contributed by atoms with Gasteiger partial charge in [-0.1, -0.05) is 18.2 Å². The molecular formula is C14H13NO3. The Morgan fingerprint density at radius 1 is 1.06 bits per heavy atom. The molecule has 0 radical (unpaired) electrons. The van der Waals surface area contributed by atoms with E-state index in [0.717, 1.165) is 0 Å². The van der Waals surface area contributed by atoms with E-state index in [1.807, 2.05) is 0 Å². The fourth-order valence-corrected chi connectivity index (χ4v) is 1.59. The van der Waals surface area contributed by atoms with Gasteiger partial charge in [0.1, 0.15) is 5.75 Å². The summed E-state index contributed by atoms with van der Waals surface area (Å²) < 4.78 is 0. The molecule has 2 rings (SSSR count). The number of aliphatic hydroxyl groups is 1. The molecule has 0 saturated carbocycles. The smallest absolute Gasteiger partial charge is 0.255 e. The van der Waals surface area contributed by atoms with E-state index in [-0.39, 0.29) is 18.3 Å². The van der Waals surface area contributed by atoms with Crippen molar-refractivity contribution in [3.63, 3.8) is 0 Å². The number of anilines is 1. The van der Waals surface area contributed by atoms with Crippen molar-refractivity contribution < 1.29 is 15.0 Å². The highest BCUT2D eigenvalue weighted by Crippen LogP contribution is 2.17. The minimum atomic E-state index is -0.282. The monoisotopic (exact) mass is 243 g/mol. The highest BCUT2D eigenvalue weighted by Gasteiger charge is 2.08. The Hall–Kier alpha value is -2.33. The number of carbonyl (C=O) groups excluding carboxylic acids is 1. The normalized spacial score (nSPS) is 10.1. The lowest BCUT2D eigenvalue weighted by molar-refractivity contribution is 0.102. The standard InChI is InChI=1S/C14H13NO3/c16-9-11-3-1-2-4-13(11)15-14(18)10-5-7-12(17)8-6-10/h1-8,16-17H,9H2,(H,15,18). The number of rotatable bonds is 3. The number of phenols is 1. The third-order valence-corrected chi connectivity index (χ3v) is 2.57. The van der Waals surface area contributed by atoms with Gasteiger partial charge in [0, 0.05) is 16.8 Å². The second-order valence-electron chi connectivity index (χ2n) is 3.82. The van der Waals surface area contributed by atoms with Gasteiger partial charge in [-0.15, -0.1) is 0 Å². The van der Waals surface area contributed by atoms with Gasteiger partial charge in [0.05, 0.1) is 6.61 Å². The van der Waals surface area contributed by atoms with E-state index in [2.05, 4.69) is 5.32 Å². The van der Waals surface area contributed by atoms with Gasteiger partial charge in [-0.2, -0.15) is 0 Å². The molecule has 0 aliphatic heterocycles. The molecule has 2 aromatic rings. The number of benzene rings is 2. The number of aliphatic hydroxyl groups excluding tert-OH is 1. The van der Waals surface area contributed by atoms with E-state index >= 15 is 0 Å². The van der Waals surface area contributed by atoms with E-state index in [4.69, 9.17) is 10.2 Å². The molecule has 1 amide bonds. The summed E-state index contributed by atoms with van der Waals surface area (Å²) >= 11 is 0. The zero-order valence-corrected chi connectivity index (χ0v) is 9.63. The molecule has 0 spiro atoms. The average Bonchev–Trinajstić information content (AvgIpc) is 2.40. The lowest BCUT2D eigenvalue weighted by atomic mass is 10.1. The number of hydrogen-bond donors (Lipinski definition) is 3. The molecule has 0 bridgehead atoms. The average molecular weight is 243 g/mol. The second kappa shape index (κ2) is 5.33. The lowest BCUT2D eigenvalue weighted by Crippen LogP contribution is -2.13. The van der Waals surface area contributed by atoms with Crippen LogP contribution in [0.15, 0.2) is 48.5 Å². The summed E-state index contributed by atoms with van der Waals surface area (Å²) in [5.74, 6) is -0.168. The van der Waals surface area contributed by atoms with Crippen molar-refractivity contribution in [3.8, 4) is 5.75 Å². The Morgan fingerprint density at radius 2 is 1.72 bits per heavy atom. The van der Waals surface area contributed by atoms with E-state index in [0.29, 0.717) is 16.8 Å². The molecular weight excluding hydrogens is 230 g/mol. The second-order valence-corrected chi connectivity index (χ2v) is 3.82. The first-order valence-electron chi connectivity index (χ1n) is 5.50. The van der Waals surface area contributed by atoms with Crippen molar-refractivity contribution in [2.45, 2.75) is 6.61 Å². The maximum atomic E-state index is 11.9. The number of phenolic OH excluding ortho intramolecular Hbond substituents is 1. The summed E-state index contributed by atoms with van der Waals surface area (Å²) in [6.45, 7) is -0.133.